The first kappa shape index (κ1) is 21.9. The summed E-state index contributed by atoms with van der Waals surface area (Å²) in [6.07, 6.45) is 15.0. The molecule has 1 saturated carbocycles. The number of rotatable bonds is 12. The van der Waals surface area contributed by atoms with E-state index in [1.807, 2.05) is 6.07 Å². The second kappa shape index (κ2) is 10.8. The molecular formula is C25H34N4O2. The van der Waals surface area contributed by atoms with Crippen LogP contribution in [0.4, 0.5) is 0 Å². The minimum Gasteiger partial charge on any atom is -0.481 e. The predicted molar refractivity (Wildman–Crippen MR) is 120 cm³/mol. The van der Waals surface area contributed by atoms with Crippen LogP contribution in [0.2, 0.25) is 0 Å². The van der Waals surface area contributed by atoms with Crippen LogP contribution in [-0.2, 0) is 30.5 Å². The van der Waals surface area contributed by atoms with E-state index >= 15 is 0 Å². The second-order valence-corrected chi connectivity index (χ2v) is 9.07. The number of unbranched alkanes of at least 4 members (excludes halogenated alkanes) is 1. The number of fused-ring (bicyclic) bond motifs is 1. The summed E-state index contributed by atoms with van der Waals surface area (Å²) in [4.78, 5) is 27.3. The molecule has 0 amide bonds. The number of carboxylic acids is 1. The largest absolute Gasteiger partial charge is 0.481 e. The van der Waals surface area contributed by atoms with Gasteiger partial charge in [-0.25, -0.2) is 9.97 Å². The molecule has 2 heterocycles. The van der Waals surface area contributed by atoms with E-state index in [0.717, 1.165) is 44.5 Å². The van der Waals surface area contributed by atoms with Crippen LogP contribution >= 0.6 is 0 Å². The first-order valence-electron chi connectivity index (χ1n) is 11.9. The summed E-state index contributed by atoms with van der Waals surface area (Å²) in [5, 5.41) is 9.66. The molecule has 0 saturated heterocycles. The van der Waals surface area contributed by atoms with Crippen molar-refractivity contribution in [2.45, 2.75) is 76.7 Å². The van der Waals surface area contributed by atoms with Gasteiger partial charge < -0.3 is 10.0 Å². The van der Waals surface area contributed by atoms with Gasteiger partial charge in [0.15, 0.2) is 0 Å². The van der Waals surface area contributed by atoms with Gasteiger partial charge in [0, 0.05) is 35.7 Å². The lowest BCUT2D eigenvalue weighted by Crippen LogP contribution is -2.31. The Morgan fingerprint density at radius 3 is 2.74 bits per heavy atom. The van der Waals surface area contributed by atoms with E-state index in [1.165, 1.54) is 55.4 Å². The smallest absolute Gasteiger partial charge is 0.306 e. The summed E-state index contributed by atoms with van der Waals surface area (Å²) >= 11 is 0. The van der Waals surface area contributed by atoms with Gasteiger partial charge in [0.1, 0.15) is 6.33 Å². The lowest BCUT2D eigenvalue weighted by molar-refractivity contribution is -0.142. The minimum absolute atomic E-state index is 0.393. The summed E-state index contributed by atoms with van der Waals surface area (Å²) in [6, 6.07) is 6.96. The first-order valence-corrected chi connectivity index (χ1v) is 11.9. The maximum Gasteiger partial charge on any atom is 0.306 e. The molecule has 1 fully saturated rings. The third-order valence-corrected chi connectivity index (χ3v) is 6.64. The minimum atomic E-state index is -0.729. The number of aryl methyl sites for hydroxylation is 3. The maximum absolute atomic E-state index is 11.8. The fraction of sp³-hybridized carbons (Fsp3) is 0.600. The lowest BCUT2D eigenvalue weighted by atomic mass is 9.95. The highest BCUT2D eigenvalue weighted by atomic mass is 16.4. The Balaban J connectivity index is 1.22. The predicted octanol–water partition coefficient (Wildman–Crippen LogP) is 3.87. The molecule has 1 N–H and O–H groups in total. The quantitative estimate of drug-likeness (QED) is 0.523. The standard InChI is InChI=1S/C25H34N4O2/c30-25(31)20(17-22-12-14-26-18-27-22)13-16-29(23-10-11-23)15-4-3-6-21-9-8-19-5-1-2-7-24(19)28-21/h8-9,12,14,18,20,23H,1-7,10-11,13,15-17H2,(H,30,31)/t20-/m1/s1. The molecule has 0 bridgehead atoms. The number of carbonyl (C=O) groups is 1. The van der Waals surface area contributed by atoms with Crippen molar-refractivity contribution in [3.63, 3.8) is 0 Å². The van der Waals surface area contributed by atoms with Crippen LogP contribution in [0.3, 0.4) is 0 Å². The van der Waals surface area contributed by atoms with Crippen molar-refractivity contribution in [3.05, 3.63) is 53.4 Å². The molecule has 2 aromatic rings. The number of carboxylic acid groups (broad SMARTS) is 1. The summed E-state index contributed by atoms with van der Waals surface area (Å²) in [5.41, 5.74) is 4.81. The molecule has 0 aromatic carbocycles. The summed E-state index contributed by atoms with van der Waals surface area (Å²) in [6.45, 7) is 1.90. The van der Waals surface area contributed by atoms with Gasteiger partial charge in [-0.05, 0) is 95.0 Å². The van der Waals surface area contributed by atoms with Crippen molar-refractivity contribution in [2.24, 2.45) is 5.92 Å². The van der Waals surface area contributed by atoms with Crippen molar-refractivity contribution in [1.29, 1.82) is 0 Å². The Kier molecular flexibility index (Phi) is 7.62. The van der Waals surface area contributed by atoms with E-state index in [4.69, 9.17) is 4.98 Å². The highest BCUT2D eigenvalue weighted by Crippen LogP contribution is 2.28. The normalized spacial score (nSPS) is 16.8. The molecular weight excluding hydrogens is 388 g/mol. The number of nitrogens with zero attached hydrogens (tertiary/aromatic N) is 4. The molecule has 1 atom stereocenters. The Morgan fingerprint density at radius 2 is 1.97 bits per heavy atom. The van der Waals surface area contributed by atoms with E-state index in [1.54, 1.807) is 6.20 Å². The van der Waals surface area contributed by atoms with Crippen LogP contribution in [0.1, 0.15) is 67.6 Å². The molecule has 4 rings (SSSR count). The fourth-order valence-electron chi connectivity index (χ4n) is 4.63. The topological polar surface area (TPSA) is 79.2 Å². The Labute approximate surface area is 185 Å². The van der Waals surface area contributed by atoms with Gasteiger partial charge in [-0.3, -0.25) is 9.78 Å². The van der Waals surface area contributed by atoms with Crippen molar-refractivity contribution in [1.82, 2.24) is 19.9 Å². The number of aromatic nitrogens is 3. The van der Waals surface area contributed by atoms with E-state index in [0.29, 0.717) is 18.9 Å². The van der Waals surface area contributed by atoms with Crippen LogP contribution in [0.5, 0.6) is 0 Å². The van der Waals surface area contributed by atoms with Gasteiger partial charge >= 0.3 is 5.97 Å². The van der Waals surface area contributed by atoms with E-state index in [9.17, 15) is 9.90 Å². The third-order valence-electron chi connectivity index (χ3n) is 6.64. The Morgan fingerprint density at radius 1 is 1.10 bits per heavy atom. The Bertz CT molecular complexity index is 854. The van der Waals surface area contributed by atoms with Gasteiger partial charge in [-0.1, -0.05) is 6.07 Å². The van der Waals surface area contributed by atoms with Crippen molar-refractivity contribution in [3.8, 4) is 0 Å². The number of hydrogen-bond acceptors (Lipinski definition) is 5. The molecule has 0 aliphatic heterocycles. The molecule has 0 radical (unpaired) electrons. The van der Waals surface area contributed by atoms with Crippen LogP contribution in [0, 0.1) is 5.92 Å². The van der Waals surface area contributed by atoms with Crippen LogP contribution in [0.25, 0.3) is 0 Å². The Hall–Kier alpha value is -2.34. The summed E-state index contributed by atoms with van der Waals surface area (Å²) in [5.74, 6) is -1.12. The molecule has 2 aromatic heterocycles. The average molecular weight is 423 g/mol. The van der Waals surface area contributed by atoms with Crippen LogP contribution in [-0.4, -0.2) is 50.1 Å². The molecule has 31 heavy (non-hydrogen) atoms. The van der Waals surface area contributed by atoms with Gasteiger partial charge in [0.2, 0.25) is 0 Å². The molecule has 6 nitrogen and oxygen atoms in total. The second-order valence-electron chi connectivity index (χ2n) is 9.07. The lowest BCUT2D eigenvalue weighted by Gasteiger charge is -2.24. The number of pyridine rings is 1. The fourth-order valence-corrected chi connectivity index (χ4v) is 4.63. The average Bonchev–Trinajstić information content (AvgIpc) is 3.63. The summed E-state index contributed by atoms with van der Waals surface area (Å²) < 4.78 is 0. The molecule has 2 aliphatic rings. The zero-order valence-corrected chi connectivity index (χ0v) is 18.4. The van der Waals surface area contributed by atoms with Crippen molar-refractivity contribution < 1.29 is 9.90 Å². The zero-order valence-electron chi connectivity index (χ0n) is 18.4. The molecule has 0 unspecified atom stereocenters. The van der Waals surface area contributed by atoms with Crippen molar-refractivity contribution in [2.75, 3.05) is 13.1 Å². The highest BCUT2D eigenvalue weighted by Gasteiger charge is 2.29. The summed E-state index contributed by atoms with van der Waals surface area (Å²) in [7, 11) is 0. The highest BCUT2D eigenvalue weighted by molar-refractivity contribution is 5.70. The van der Waals surface area contributed by atoms with E-state index in [2.05, 4.69) is 27.0 Å². The van der Waals surface area contributed by atoms with Crippen LogP contribution in [0.15, 0.2) is 30.7 Å². The third kappa shape index (κ3) is 6.57. The molecule has 6 heteroatoms. The van der Waals surface area contributed by atoms with E-state index < -0.39 is 11.9 Å². The monoisotopic (exact) mass is 422 g/mol. The van der Waals surface area contributed by atoms with Crippen LogP contribution < -0.4 is 0 Å². The van der Waals surface area contributed by atoms with Gasteiger partial charge in [0.05, 0.1) is 5.92 Å². The SMILES string of the molecule is O=C(O)[C@H](CCN(CCCCc1ccc2c(n1)CCCC2)C1CC1)Cc1ccncn1. The molecule has 166 valence electrons. The van der Waals surface area contributed by atoms with Gasteiger partial charge in [-0.2, -0.15) is 0 Å². The first-order chi connectivity index (χ1) is 15.2. The zero-order chi connectivity index (χ0) is 21.5. The van der Waals surface area contributed by atoms with E-state index in [-0.39, 0.29) is 0 Å². The maximum atomic E-state index is 11.8. The van der Waals surface area contributed by atoms with Crippen molar-refractivity contribution >= 4 is 5.97 Å². The number of hydrogen-bond donors (Lipinski definition) is 1. The van der Waals surface area contributed by atoms with Gasteiger partial charge in [0.25, 0.3) is 0 Å². The molecule has 2 aliphatic carbocycles. The number of aliphatic carboxylic acids is 1. The molecule has 0 spiro atoms. The van der Waals surface area contributed by atoms with Gasteiger partial charge in [-0.15, -0.1) is 0 Å².